The van der Waals surface area contributed by atoms with E-state index in [9.17, 15) is 4.79 Å². The van der Waals surface area contributed by atoms with Gasteiger partial charge in [0.1, 0.15) is 0 Å². The van der Waals surface area contributed by atoms with E-state index in [1.54, 1.807) is 0 Å². The van der Waals surface area contributed by atoms with Crippen molar-refractivity contribution in [3.63, 3.8) is 0 Å². The number of hydrogen-bond donors (Lipinski definition) is 2. The second-order valence-corrected chi connectivity index (χ2v) is 3.42. The first-order valence-electron chi connectivity index (χ1n) is 5.97. The second-order valence-electron chi connectivity index (χ2n) is 3.42. The van der Waals surface area contributed by atoms with Gasteiger partial charge in [0.25, 0.3) is 0 Å². The Bertz CT molecular complexity index is 177. The molecule has 6 heteroatoms. The van der Waals surface area contributed by atoms with Crippen LogP contribution in [0.3, 0.4) is 0 Å². The van der Waals surface area contributed by atoms with Crippen molar-refractivity contribution in [2.24, 2.45) is 0 Å². The maximum absolute atomic E-state index is 10.1. The van der Waals surface area contributed by atoms with Gasteiger partial charge in [-0.3, -0.25) is 0 Å². The molecule has 0 saturated heterocycles. The molecule has 0 aliphatic carbocycles. The lowest BCUT2D eigenvalue weighted by Crippen LogP contribution is -2.23. The molecule has 0 spiro atoms. The maximum Gasteiger partial charge on any atom is 0.404 e. The Labute approximate surface area is 102 Å². The van der Waals surface area contributed by atoms with Crippen molar-refractivity contribution in [3.05, 3.63) is 0 Å². The van der Waals surface area contributed by atoms with Crippen molar-refractivity contribution in [3.8, 4) is 0 Å². The van der Waals surface area contributed by atoms with E-state index in [4.69, 9.17) is 19.3 Å². The lowest BCUT2D eigenvalue weighted by molar-refractivity contribution is 0.0143. The van der Waals surface area contributed by atoms with Gasteiger partial charge in [-0.15, -0.1) is 0 Å². The molecule has 0 aliphatic heterocycles. The van der Waals surface area contributed by atoms with E-state index in [0.29, 0.717) is 46.0 Å². The third-order valence-electron chi connectivity index (χ3n) is 1.83. The number of nitrogens with one attached hydrogen (secondary N) is 1. The van der Waals surface area contributed by atoms with E-state index in [-0.39, 0.29) is 0 Å². The fourth-order valence-electron chi connectivity index (χ4n) is 1.06. The molecule has 6 nitrogen and oxygen atoms in total. The fourth-order valence-corrected chi connectivity index (χ4v) is 1.06. The van der Waals surface area contributed by atoms with Crippen LogP contribution in [0.15, 0.2) is 0 Å². The topological polar surface area (TPSA) is 77.0 Å². The molecule has 17 heavy (non-hydrogen) atoms. The standard InChI is InChI=1S/C11H23NO5/c1-2-5-15-7-9-17-10-8-16-6-3-4-12-11(13)14/h12H,2-10H2,1H3,(H,13,14). The van der Waals surface area contributed by atoms with E-state index in [2.05, 4.69) is 12.2 Å². The summed E-state index contributed by atoms with van der Waals surface area (Å²) in [7, 11) is 0. The first-order valence-corrected chi connectivity index (χ1v) is 5.97. The summed E-state index contributed by atoms with van der Waals surface area (Å²) in [4.78, 5) is 10.1. The van der Waals surface area contributed by atoms with Crippen molar-refractivity contribution in [1.82, 2.24) is 5.32 Å². The average molecular weight is 249 g/mol. The molecule has 0 heterocycles. The molecule has 0 unspecified atom stereocenters. The Balaban J connectivity index is 2.91. The zero-order valence-electron chi connectivity index (χ0n) is 10.4. The van der Waals surface area contributed by atoms with E-state index in [0.717, 1.165) is 13.0 Å². The number of rotatable bonds is 12. The highest BCUT2D eigenvalue weighted by atomic mass is 16.5. The van der Waals surface area contributed by atoms with Gasteiger partial charge < -0.3 is 24.6 Å². The predicted molar refractivity (Wildman–Crippen MR) is 63.4 cm³/mol. The minimum absolute atomic E-state index is 0.418. The van der Waals surface area contributed by atoms with Crippen LogP contribution in [0.5, 0.6) is 0 Å². The number of carbonyl (C=O) groups is 1. The highest BCUT2D eigenvalue weighted by molar-refractivity contribution is 5.64. The molecule has 0 atom stereocenters. The third kappa shape index (κ3) is 15.1. The highest BCUT2D eigenvalue weighted by Gasteiger charge is 1.94. The molecule has 1 amide bonds. The molecule has 0 saturated carbocycles. The van der Waals surface area contributed by atoms with Gasteiger partial charge >= 0.3 is 6.09 Å². The van der Waals surface area contributed by atoms with E-state index in [1.807, 2.05) is 0 Å². The molecule has 0 aromatic heterocycles. The van der Waals surface area contributed by atoms with Crippen molar-refractivity contribution < 1.29 is 24.1 Å². The van der Waals surface area contributed by atoms with Crippen molar-refractivity contribution in [2.75, 3.05) is 46.2 Å². The van der Waals surface area contributed by atoms with Crippen molar-refractivity contribution in [2.45, 2.75) is 19.8 Å². The minimum Gasteiger partial charge on any atom is -0.465 e. The summed E-state index contributed by atoms with van der Waals surface area (Å²) in [5, 5.41) is 10.6. The van der Waals surface area contributed by atoms with E-state index < -0.39 is 6.09 Å². The van der Waals surface area contributed by atoms with E-state index in [1.165, 1.54) is 0 Å². The molecule has 0 rings (SSSR count). The van der Waals surface area contributed by atoms with Gasteiger partial charge in [-0.05, 0) is 12.8 Å². The van der Waals surface area contributed by atoms with Crippen LogP contribution in [0.2, 0.25) is 0 Å². The smallest absolute Gasteiger partial charge is 0.404 e. The lowest BCUT2D eigenvalue weighted by Gasteiger charge is -2.06. The van der Waals surface area contributed by atoms with Gasteiger partial charge in [-0.1, -0.05) is 6.92 Å². The summed E-state index contributed by atoms with van der Waals surface area (Å²) >= 11 is 0. The van der Waals surface area contributed by atoms with Gasteiger partial charge in [-0.2, -0.15) is 0 Å². The van der Waals surface area contributed by atoms with Gasteiger partial charge in [-0.25, -0.2) is 4.79 Å². The highest BCUT2D eigenvalue weighted by Crippen LogP contribution is 1.85. The largest absolute Gasteiger partial charge is 0.465 e. The molecule has 0 fully saturated rings. The molecule has 102 valence electrons. The van der Waals surface area contributed by atoms with Crippen LogP contribution < -0.4 is 5.32 Å². The molecule has 0 aromatic rings. The number of carboxylic acid groups (broad SMARTS) is 1. The summed E-state index contributed by atoms with van der Waals surface area (Å²) in [6.07, 6.45) is 0.694. The Morgan fingerprint density at radius 1 is 1.00 bits per heavy atom. The predicted octanol–water partition coefficient (Wildman–Crippen LogP) is 1.10. The van der Waals surface area contributed by atoms with Crippen LogP contribution >= 0.6 is 0 Å². The fraction of sp³-hybridized carbons (Fsp3) is 0.909. The zero-order valence-corrected chi connectivity index (χ0v) is 10.4. The molecule has 2 N–H and O–H groups in total. The van der Waals surface area contributed by atoms with Crippen LogP contribution in [0, 0.1) is 0 Å². The second kappa shape index (κ2) is 13.2. The molecule has 0 bridgehead atoms. The summed E-state index contributed by atoms with van der Waals surface area (Å²) in [6, 6.07) is 0. The van der Waals surface area contributed by atoms with Crippen LogP contribution in [0.25, 0.3) is 0 Å². The first-order chi connectivity index (χ1) is 8.27. The number of ether oxygens (including phenoxy) is 3. The van der Waals surface area contributed by atoms with Crippen molar-refractivity contribution in [1.29, 1.82) is 0 Å². The summed E-state index contributed by atoms with van der Waals surface area (Å²) < 4.78 is 15.7. The molecule has 0 aromatic carbocycles. The number of hydrogen-bond acceptors (Lipinski definition) is 4. The van der Waals surface area contributed by atoms with Crippen LogP contribution in [0.1, 0.15) is 19.8 Å². The Morgan fingerprint density at radius 2 is 1.53 bits per heavy atom. The quantitative estimate of drug-likeness (QED) is 0.506. The first kappa shape index (κ1) is 16.1. The molecule has 0 aliphatic rings. The Morgan fingerprint density at radius 3 is 2.06 bits per heavy atom. The number of amides is 1. The van der Waals surface area contributed by atoms with Crippen LogP contribution in [0.4, 0.5) is 4.79 Å². The van der Waals surface area contributed by atoms with E-state index >= 15 is 0 Å². The summed E-state index contributed by atoms with van der Waals surface area (Å²) in [5.41, 5.74) is 0. The lowest BCUT2D eigenvalue weighted by atomic mass is 10.4. The van der Waals surface area contributed by atoms with Crippen molar-refractivity contribution >= 4 is 6.09 Å². The minimum atomic E-state index is -1.000. The maximum atomic E-state index is 10.1. The summed E-state index contributed by atoms with van der Waals surface area (Å²) in [6.45, 7) is 6.07. The normalized spacial score (nSPS) is 10.4. The van der Waals surface area contributed by atoms with Gasteiger partial charge in [0.2, 0.25) is 0 Å². The zero-order chi connectivity index (χ0) is 12.8. The van der Waals surface area contributed by atoms with Crippen LogP contribution in [-0.2, 0) is 14.2 Å². The monoisotopic (exact) mass is 249 g/mol. The van der Waals surface area contributed by atoms with Gasteiger partial charge in [0.05, 0.1) is 26.4 Å². The molecular weight excluding hydrogens is 226 g/mol. The Kier molecular flexibility index (Phi) is 12.6. The summed E-state index contributed by atoms with van der Waals surface area (Å²) in [5.74, 6) is 0. The molecule has 0 radical (unpaired) electrons. The average Bonchev–Trinajstić information content (AvgIpc) is 2.30. The van der Waals surface area contributed by atoms with Gasteiger partial charge in [0.15, 0.2) is 0 Å². The SMILES string of the molecule is CCCOCCOCCOCCCNC(=O)O. The van der Waals surface area contributed by atoms with Gasteiger partial charge in [0, 0.05) is 19.8 Å². The van der Waals surface area contributed by atoms with Crippen LogP contribution in [-0.4, -0.2) is 57.4 Å². The third-order valence-corrected chi connectivity index (χ3v) is 1.83. The molecular formula is C11H23NO5. The Hall–Kier alpha value is -0.850.